The molecule has 0 aliphatic rings. The Kier molecular flexibility index (Phi) is 6.96. The van der Waals surface area contributed by atoms with Crippen LogP contribution in [0.5, 0.6) is 5.75 Å². The predicted molar refractivity (Wildman–Crippen MR) is 114 cm³/mol. The van der Waals surface area contributed by atoms with Crippen molar-refractivity contribution in [3.8, 4) is 5.75 Å². The number of hydrogen-bond acceptors (Lipinski definition) is 7. The van der Waals surface area contributed by atoms with Gasteiger partial charge >= 0.3 is 5.82 Å². The van der Waals surface area contributed by atoms with Crippen LogP contribution in [-0.2, 0) is 6.54 Å². The van der Waals surface area contributed by atoms with E-state index in [-0.39, 0.29) is 46.6 Å². The van der Waals surface area contributed by atoms with Crippen molar-refractivity contribution in [2.45, 2.75) is 13.5 Å². The van der Waals surface area contributed by atoms with Crippen LogP contribution in [0.3, 0.4) is 0 Å². The molecule has 2 aromatic carbocycles. The molecule has 0 atom stereocenters. The van der Waals surface area contributed by atoms with Gasteiger partial charge in [0.05, 0.1) is 22.2 Å². The Hall–Kier alpha value is -3.63. The standard InChI is InChI=1S/C20H16Cl2N4O6/c1-11-23-10-18(26(30)31)25(11)6-7-32-13-3-5-17(15(9-13)20(28)29)24-19(27)14-4-2-12(21)8-16(14)22/h2-5,8-10H,6-7H2,1H3,(H,24,27)(H,28,29)/p-1. The second-order valence-corrected chi connectivity index (χ2v) is 7.34. The largest absolute Gasteiger partial charge is 0.545 e. The van der Waals surface area contributed by atoms with Gasteiger partial charge in [-0.05, 0) is 41.3 Å². The van der Waals surface area contributed by atoms with Crippen molar-refractivity contribution >= 4 is 46.6 Å². The molecule has 0 aliphatic heterocycles. The minimum absolute atomic E-state index is 0.0105. The molecular formula is C20H15Cl2N4O6-. The number of halogens is 2. The first kappa shape index (κ1) is 23.0. The van der Waals surface area contributed by atoms with Crippen LogP contribution in [0.15, 0.2) is 42.6 Å². The average molecular weight is 478 g/mol. The van der Waals surface area contributed by atoms with Crippen LogP contribution < -0.4 is 15.2 Å². The number of amides is 1. The van der Waals surface area contributed by atoms with Gasteiger partial charge in [0.15, 0.2) is 5.82 Å². The third-order valence-corrected chi connectivity index (χ3v) is 4.99. The number of carbonyl (C=O) groups excluding carboxylic acids is 2. The zero-order valence-corrected chi connectivity index (χ0v) is 18.0. The fourth-order valence-electron chi connectivity index (χ4n) is 2.89. The molecule has 1 heterocycles. The van der Waals surface area contributed by atoms with Gasteiger partial charge in [-0.1, -0.05) is 23.2 Å². The number of ether oxygens (including phenoxy) is 1. The predicted octanol–water partition coefficient (Wildman–Crippen LogP) is 3.10. The topological polar surface area (TPSA) is 139 Å². The highest BCUT2D eigenvalue weighted by Crippen LogP contribution is 2.25. The Balaban J connectivity index is 1.73. The number of aromatic nitrogens is 2. The van der Waals surface area contributed by atoms with Gasteiger partial charge in [-0.3, -0.25) is 4.79 Å². The van der Waals surface area contributed by atoms with Crippen LogP contribution in [0.1, 0.15) is 26.5 Å². The second kappa shape index (κ2) is 9.67. The second-order valence-electron chi connectivity index (χ2n) is 6.49. The number of nitrogens with zero attached hydrogens (tertiary/aromatic N) is 3. The van der Waals surface area contributed by atoms with E-state index in [1.54, 1.807) is 6.92 Å². The molecule has 1 aromatic heterocycles. The van der Waals surface area contributed by atoms with E-state index in [1.807, 2.05) is 0 Å². The quantitative estimate of drug-likeness (QED) is 0.388. The van der Waals surface area contributed by atoms with Crippen molar-refractivity contribution in [1.29, 1.82) is 0 Å². The van der Waals surface area contributed by atoms with Gasteiger partial charge in [0.2, 0.25) is 0 Å². The first-order valence-electron chi connectivity index (χ1n) is 9.08. The lowest BCUT2D eigenvalue weighted by Gasteiger charge is -2.15. The van der Waals surface area contributed by atoms with E-state index in [0.29, 0.717) is 10.8 Å². The summed E-state index contributed by atoms with van der Waals surface area (Å²) in [5, 5.41) is 25.5. The monoisotopic (exact) mass is 477 g/mol. The number of carboxylic acids is 1. The van der Waals surface area contributed by atoms with Gasteiger partial charge in [-0.15, -0.1) is 0 Å². The van der Waals surface area contributed by atoms with Gasteiger partial charge in [0, 0.05) is 17.5 Å². The van der Waals surface area contributed by atoms with Crippen molar-refractivity contribution in [3.63, 3.8) is 0 Å². The molecule has 0 saturated carbocycles. The Morgan fingerprint density at radius 2 is 1.94 bits per heavy atom. The minimum Gasteiger partial charge on any atom is -0.545 e. The average Bonchev–Trinajstić information content (AvgIpc) is 3.09. The van der Waals surface area contributed by atoms with Crippen LogP contribution in [0.25, 0.3) is 0 Å². The third kappa shape index (κ3) is 5.16. The molecule has 3 rings (SSSR count). The molecule has 0 spiro atoms. The maximum Gasteiger partial charge on any atom is 0.342 e. The molecule has 0 bridgehead atoms. The zero-order valence-electron chi connectivity index (χ0n) is 16.5. The molecular weight excluding hydrogens is 463 g/mol. The summed E-state index contributed by atoms with van der Waals surface area (Å²) in [6.07, 6.45) is 1.15. The summed E-state index contributed by atoms with van der Waals surface area (Å²) in [6, 6.07) is 8.25. The number of anilines is 1. The fraction of sp³-hybridized carbons (Fsp3) is 0.150. The van der Waals surface area contributed by atoms with Gasteiger partial charge in [0.1, 0.15) is 25.1 Å². The molecule has 1 N–H and O–H groups in total. The van der Waals surface area contributed by atoms with Gasteiger partial charge < -0.3 is 30.1 Å². The molecule has 166 valence electrons. The summed E-state index contributed by atoms with van der Waals surface area (Å²) in [5.74, 6) is -1.73. The molecule has 0 aliphatic carbocycles. The van der Waals surface area contributed by atoms with Crippen molar-refractivity contribution in [1.82, 2.24) is 9.55 Å². The number of carboxylic acid groups (broad SMARTS) is 1. The van der Waals surface area contributed by atoms with E-state index in [2.05, 4.69) is 10.3 Å². The van der Waals surface area contributed by atoms with Crippen molar-refractivity contribution in [2.75, 3.05) is 11.9 Å². The van der Waals surface area contributed by atoms with Gasteiger partial charge in [0.25, 0.3) is 5.91 Å². The van der Waals surface area contributed by atoms with Crippen LogP contribution in [0.2, 0.25) is 10.0 Å². The molecule has 0 saturated heterocycles. The van der Waals surface area contributed by atoms with Gasteiger partial charge in [-0.2, -0.15) is 0 Å². The van der Waals surface area contributed by atoms with Crippen LogP contribution >= 0.6 is 23.2 Å². The summed E-state index contributed by atoms with van der Waals surface area (Å²) >= 11 is 11.8. The summed E-state index contributed by atoms with van der Waals surface area (Å²) in [4.78, 5) is 38.4. The lowest BCUT2D eigenvalue weighted by molar-refractivity contribution is -0.392. The summed E-state index contributed by atoms with van der Waals surface area (Å²) in [5.41, 5.74) is -0.224. The summed E-state index contributed by atoms with van der Waals surface area (Å²) in [7, 11) is 0. The minimum atomic E-state index is -1.53. The number of hydrogen-bond donors (Lipinski definition) is 1. The molecule has 32 heavy (non-hydrogen) atoms. The highest BCUT2D eigenvalue weighted by Gasteiger charge is 2.18. The number of benzene rings is 2. The van der Waals surface area contributed by atoms with Crippen LogP contribution in [0.4, 0.5) is 11.5 Å². The number of imidazole rings is 1. The normalized spacial score (nSPS) is 10.6. The number of aryl methyl sites for hydroxylation is 1. The van der Waals surface area contributed by atoms with Crippen LogP contribution in [-0.4, -0.2) is 33.0 Å². The first-order valence-corrected chi connectivity index (χ1v) is 9.84. The smallest absolute Gasteiger partial charge is 0.342 e. The maximum absolute atomic E-state index is 12.5. The Morgan fingerprint density at radius 1 is 1.19 bits per heavy atom. The molecule has 0 unspecified atom stereocenters. The maximum atomic E-state index is 12.5. The summed E-state index contributed by atoms with van der Waals surface area (Å²) < 4.78 is 6.89. The number of nitro groups is 1. The Bertz CT molecular complexity index is 1210. The van der Waals surface area contributed by atoms with Crippen LogP contribution in [0, 0.1) is 17.0 Å². The van der Waals surface area contributed by atoms with Crippen molar-refractivity contribution < 1.29 is 24.4 Å². The first-order chi connectivity index (χ1) is 15.2. The van der Waals surface area contributed by atoms with Gasteiger partial charge in [-0.25, -0.2) is 9.55 Å². The number of nitrogens with one attached hydrogen (secondary N) is 1. The lowest BCUT2D eigenvalue weighted by Crippen LogP contribution is -2.25. The highest BCUT2D eigenvalue weighted by atomic mass is 35.5. The zero-order chi connectivity index (χ0) is 23.4. The van der Waals surface area contributed by atoms with E-state index < -0.39 is 16.8 Å². The highest BCUT2D eigenvalue weighted by molar-refractivity contribution is 6.37. The molecule has 1 amide bonds. The lowest BCUT2D eigenvalue weighted by atomic mass is 10.1. The SMILES string of the molecule is Cc1ncc([N+](=O)[O-])n1CCOc1ccc(NC(=O)c2ccc(Cl)cc2Cl)c(C(=O)[O-])c1. The Labute approximate surface area is 191 Å². The Morgan fingerprint density at radius 3 is 2.59 bits per heavy atom. The number of carbonyl (C=O) groups is 2. The van der Waals surface area contributed by atoms with E-state index in [1.165, 1.54) is 41.0 Å². The molecule has 3 aromatic rings. The molecule has 10 nitrogen and oxygen atoms in total. The molecule has 0 fully saturated rings. The van der Waals surface area contributed by atoms with E-state index in [9.17, 15) is 24.8 Å². The van der Waals surface area contributed by atoms with E-state index >= 15 is 0 Å². The fourth-order valence-corrected chi connectivity index (χ4v) is 3.38. The van der Waals surface area contributed by atoms with Crippen molar-refractivity contribution in [3.05, 3.63) is 79.7 Å². The third-order valence-electron chi connectivity index (χ3n) is 4.44. The van der Waals surface area contributed by atoms with E-state index in [4.69, 9.17) is 27.9 Å². The molecule has 12 heteroatoms. The molecule has 0 radical (unpaired) electrons. The number of rotatable bonds is 8. The summed E-state index contributed by atoms with van der Waals surface area (Å²) in [6.45, 7) is 1.75. The van der Waals surface area contributed by atoms with Crippen molar-refractivity contribution in [2.24, 2.45) is 0 Å². The van der Waals surface area contributed by atoms with E-state index in [0.717, 1.165) is 6.20 Å². The number of aromatic carboxylic acids is 1.